The second-order valence-corrected chi connectivity index (χ2v) is 9.42. The van der Waals surface area contributed by atoms with Crippen LogP contribution in [0.1, 0.15) is 31.2 Å². The van der Waals surface area contributed by atoms with Gasteiger partial charge in [-0.15, -0.1) is 0 Å². The molecule has 2 bridgehead atoms. The number of anilines is 1. The van der Waals surface area contributed by atoms with Crippen molar-refractivity contribution in [2.45, 2.75) is 37.8 Å². The summed E-state index contributed by atoms with van der Waals surface area (Å²) in [6.45, 7) is 0.104. The number of hydrogen-bond acceptors (Lipinski definition) is 7. The maximum absolute atomic E-state index is 14.8. The number of carbonyl (C=O) groups is 1. The molecule has 0 spiro atoms. The van der Waals surface area contributed by atoms with Gasteiger partial charge in [0.15, 0.2) is 17.5 Å². The van der Waals surface area contributed by atoms with Gasteiger partial charge >= 0.3 is 5.97 Å². The molecule has 6 rings (SSSR count). The van der Waals surface area contributed by atoms with Crippen LogP contribution in [0.3, 0.4) is 0 Å². The lowest BCUT2D eigenvalue weighted by Gasteiger charge is -2.34. The van der Waals surface area contributed by atoms with Crippen LogP contribution in [0.2, 0.25) is 0 Å². The Balaban J connectivity index is 1.38. The van der Waals surface area contributed by atoms with Gasteiger partial charge in [-0.25, -0.2) is 23.5 Å². The van der Waals surface area contributed by atoms with Gasteiger partial charge in [0.2, 0.25) is 0 Å². The predicted octanol–water partition coefficient (Wildman–Crippen LogP) is 4.38. The summed E-state index contributed by atoms with van der Waals surface area (Å²) in [6, 6.07) is 9.65. The highest BCUT2D eigenvalue weighted by atomic mass is 19.1. The normalized spacial score (nSPS) is 22.7. The molecule has 3 aromatic heterocycles. The Bertz CT molecular complexity index is 1440. The van der Waals surface area contributed by atoms with E-state index in [1.54, 1.807) is 35.0 Å². The molecule has 2 fully saturated rings. The Morgan fingerprint density at radius 1 is 1.19 bits per heavy atom. The van der Waals surface area contributed by atoms with Gasteiger partial charge in [0.05, 0.1) is 18.4 Å². The molecule has 3 heterocycles. The van der Waals surface area contributed by atoms with Crippen molar-refractivity contribution in [2.24, 2.45) is 11.8 Å². The molecular formula is C25H22F2N6O3. The lowest BCUT2D eigenvalue weighted by atomic mass is 9.81. The van der Waals surface area contributed by atoms with E-state index >= 15 is 0 Å². The fourth-order valence-corrected chi connectivity index (χ4v) is 5.57. The Labute approximate surface area is 204 Å². The molecule has 0 amide bonds. The molecule has 0 unspecified atom stereocenters. The summed E-state index contributed by atoms with van der Waals surface area (Å²) in [5.41, 5.74) is 0.450. The minimum Gasteiger partial charge on any atom is -0.479 e. The third kappa shape index (κ3) is 3.71. The number of aliphatic carboxylic acids is 1. The van der Waals surface area contributed by atoms with Crippen LogP contribution in [0, 0.1) is 23.5 Å². The number of benzene rings is 1. The fraction of sp³-hybridized carbons (Fsp3) is 0.320. The lowest BCUT2D eigenvalue weighted by molar-refractivity contribution is -0.144. The highest BCUT2D eigenvalue weighted by Gasteiger charge is 2.56. The van der Waals surface area contributed by atoms with Crippen molar-refractivity contribution in [2.75, 3.05) is 5.32 Å². The summed E-state index contributed by atoms with van der Waals surface area (Å²) >= 11 is 0. The zero-order valence-corrected chi connectivity index (χ0v) is 19.1. The fourth-order valence-electron chi connectivity index (χ4n) is 5.57. The third-order valence-corrected chi connectivity index (χ3v) is 7.30. The quantitative estimate of drug-likeness (QED) is 0.390. The average Bonchev–Trinajstić information content (AvgIpc) is 3.66. The topological polar surface area (TPSA) is 119 Å². The molecule has 11 heteroatoms. The second kappa shape index (κ2) is 8.51. The van der Waals surface area contributed by atoms with E-state index in [0.29, 0.717) is 35.0 Å². The van der Waals surface area contributed by atoms with Crippen molar-refractivity contribution in [3.8, 4) is 22.9 Å². The van der Waals surface area contributed by atoms with Crippen LogP contribution in [0.25, 0.3) is 22.9 Å². The van der Waals surface area contributed by atoms with E-state index in [9.17, 15) is 18.7 Å². The molecule has 184 valence electrons. The van der Waals surface area contributed by atoms with Crippen molar-refractivity contribution in [3.63, 3.8) is 0 Å². The number of carboxylic acids is 1. The Morgan fingerprint density at radius 2 is 2.06 bits per heavy atom. The Kier molecular flexibility index (Phi) is 5.27. The first kappa shape index (κ1) is 22.3. The summed E-state index contributed by atoms with van der Waals surface area (Å²) in [6.07, 6.45) is 5.42. The molecule has 36 heavy (non-hydrogen) atoms. The Hall–Kier alpha value is -4.15. The van der Waals surface area contributed by atoms with E-state index in [4.69, 9.17) is 4.52 Å². The summed E-state index contributed by atoms with van der Waals surface area (Å²) in [4.78, 5) is 20.7. The molecule has 3 atom stereocenters. The van der Waals surface area contributed by atoms with Crippen LogP contribution >= 0.6 is 0 Å². The third-order valence-electron chi connectivity index (χ3n) is 7.30. The molecule has 0 saturated heterocycles. The van der Waals surface area contributed by atoms with Crippen molar-refractivity contribution in [1.29, 1.82) is 0 Å². The molecule has 2 N–H and O–H groups in total. The van der Waals surface area contributed by atoms with E-state index in [0.717, 1.165) is 25.5 Å². The summed E-state index contributed by atoms with van der Waals surface area (Å²) in [7, 11) is 0. The number of halogens is 2. The smallest absolute Gasteiger partial charge is 0.329 e. The monoisotopic (exact) mass is 492 g/mol. The number of aromatic nitrogens is 5. The zero-order chi connectivity index (χ0) is 24.9. The summed E-state index contributed by atoms with van der Waals surface area (Å²) < 4.78 is 35.6. The van der Waals surface area contributed by atoms with Gasteiger partial charge in [-0.1, -0.05) is 23.4 Å². The van der Waals surface area contributed by atoms with E-state index in [1.807, 2.05) is 0 Å². The van der Waals surface area contributed by atoms with E-state index in [2.05, 4.69) is 25.5 Å². The molecular weight excluding hydrogens is 470 g/mol. The van der Waals surface area contributed by atoms with Gasteiger partial charge in [-0.3, -0.25) is 4.68 Å². The molecule has 2 aliphatic rings. The van der Waals surface area contributed by atoms with Crippen LogP contribution in [0.15, 0.2) is 53.4 Å². The highest BCUT2D eigenvalue weighted by Crippen LogP contribution is 2.52. The molecule has 2 saturated carbocycles. The van der Waals surface area contributed by atoms with Gasteiger partial charge in [-0.05, 0) is 49.7 Å². The van der Waals surface area contributed by atoms with Crippen LogP contribution in [0.5, 0.6) is 0 Å². The van der Waals surface area contributed by atoms with Crippen molar-refractivity contribution in [1.82, 2.24) is 24.9 Å². The highest BCUT2D eigenvalue weighted by molar-refractivity contribution is 5.84. The molecule has 0 radical (unpaired) electrons. The van der Waals surface area contributed by atoms with Gasteiger partial charge < -0.3 is 14.9 Å². The van der Waals surface area contributed by atoms with Crippen LogP contribution < -0.4 is 5.32 Å². The van der Waals surface area contributed by atoms with Crippen molar-refractivity contribution >= 4 is 11.8 Å². The van der Waals surface area contributed by atoms with Crippen molar-refractivity contribution in [3.05, 3.63) is 66.1 Å². The van der Waals surface area contributed by atoms with Gasteiger partial charge in [0.1, 0.15) is 29.0 Å². The number of carboxylic acid groups (broad SMARTS) is 1. The minimum atomic E-state index is -1.26. The number of nitrogens with one attached hydrogen (secondary N) is 1. The number of hydrogen-bond donors (Lipinski definition) is 2. The zero-order valence-electron chi connectivity index (χ0n) is 19.1. The SMILES string of the molecule is O=C(O)[C@@]1(Nc2nc(-c3cc(-c4ccon4)n(Cc4ccccc4F)n3)ncc2F)C[C@@H]2CC[C@H]1C2. The van der Waals surface area contributed by atoms with Crippen LogP contribution in [0.4, 0.5) is 14.6 Å². The number of nitrogens with zero attached hydrogens (tertiary/aromatic N) is 5. The number of fused-ring (bicyclic) bond motifs is 2. The largest absolute Gasteiger partial charge is 0.479 e. The van der Waals surface area contributed by atoms with Gasteiger partial charge in [0.25, 0.3) is 0 Å². The molecule has 1 aromatic carbocycles. The van der Waals surface area contributed by atoms with Gasteiger partial charge in [-0.2, -0.15) is 5.10 Å². The lowest BCUT2D eigenvalue weighted by Crippen LogP contribution is -2.51. The Morgan fingerprint density at radius 3 is 2.75 bits per heavy atom. The first-order chi connectivity index (χ1) is 17.4. The maximum atomic E-state index is 14.8. The average molecular weight is 492 g/mol. The van der Waals surface area contributed by atoms with Crippen LogP contribution in [-0.4, -0.2) is 41.5 Å². The summed E-state index contributed by atoms with van der Waals surface area (Å²) in [5.74, 6) is -1.99. The predicted molar refractivity (Wildman–Crippen MR) is 124 cm³/mol. The van der Waals surface area contributed by atoms with Gasteiger partial charge in [0, 0.05) is 11.6 Å². The first-order valence-corrected chi connectivity index (χ1v) is 11.7. The van der Waals surface area contributed by atoms with E-state index in [-0.39, 0.29) is 29.9 Å². The summed E-state index contributed by atoms with van der Waals surface area (Å²) in [5, 5.41) is 21.5. The van der Waals surface area contributed by atoms with Crippen LogP contribution in [-0.2, 0) is 11.3 Å². The standard InChI is InChI=1S/C25H22F2N6O3/c26-17-4-2-1-3-15(17)13-33-21(19-7-8-36-32-19)10-20(31-33)23-28-12-18(27)22(29-23)30-25(24(34)35)11-14-5-6-16(25)9-14/h1-4,7-8,10,12,14,16H,5-6,9,11,13H2,(H,34,35)(H,28,29,30)/t14-,16+,25-/m1/s1. The number of rotatable bonds is 7. The first-order valence-electron chi connectivity index (χ1n) is 11.7. The van der Waals surface area contributed by atoms with E-state index < -0.39 is 17.3 Å². The van der Waals surface area contributed by atoms with E-state index in [1.165, 1.54) is 12.3 Å². The molecule has 9 nitrogen and oxygen atoms in total. The van der Waals surface area contributed by atoms with Crippen molar-refractivity contribution < 1.29 is 23.2 Å². The molecule has 0 aliphatic heterocycles. The molecule has 4 aromatic rings. The minimum absolute atomic E-state index is 0.0865. The second-order valence-electron chi connectivity index (χ2n) is 9.42. The molecule has 2 aliphatic carbocycles. The maximum Gasteiger partial charge on any atom is 0.329 e.